The van der Waals surface area contributed by atoms with Gasteiger partial charge in [-0.15, -0.1) is 6.42 Å². The first kappa shape index (κ1) is 28.1. The Morgan fingerprint density at radius 3 is 2.54 bits per heavy atom. The van der Waals surface area contributed by atoms with Gasteiger partial charge in [-0.3, -0.25) is 9.52 Å². The number of halogens is 5. The molecule has 1 aromatic carbocycles. The van der Waals surface area contributed by atoms with Crippen LogP contribution in [-0.2, 0) is 34.0 Å². The molecule has 1 heterocycles. The van der Waals surface area contributed by atoms with Crippen molar-refractivity contribution in [2.45, 2.75) is 38.9 Å². The lowest BCUT2D eigenvalue weighted by Gasteiger charge is -2.13. The van der Waals surface area contributed by atoms with E-state index in [2.05, 4.69) is 16.2 Å². The van der Waals surface area contributed by atoms with E-state index in [1.807, 2.05) is 11.6 Å². The molecule has 0 saturated heterocycles. The number of alkyl halides is 3. The Morgan fingerprint density at radius 2 is 1.97 bits per heavy atom. The summed E-state index contributed by atoms with van der Waals surface area (Å²) in [6.07, 6.45) is 5.44. The summed E-state index contributed by atoms with van der Waals surface area (Å²) in [6, 6.07) is 3.46. The van der Waals surface area contributed by atoms with Crippen molar-refractivity contribution < 1.29 is 30.8 Å². The summed E-state index contributed by atoms with van der Waals surface area (Å²) in [5.74, 6) is 0.642. The standard InChI is InChI=1S/C23H22ClF4N3O3S/c1-4-6-7-19-16(12-17(24)22(30-19)23(26,27)28)8-9-20(32)29-13-14-10-15(5-2)21(18(25)11-14)31-35(3,33)34/h2,8-12,31H,4,6-7,13H2,1,3H3,(H,29,32)/b9-8+. The van der Waals surface area contributed by atoms with E-state index in [9.17, 15) is 30.8 Å². The molecule has 6 nitrogen and oxygen atoms in total. The van der Waals surface area contributed by atoms with E-state index in [4.69, 9.17) is 18.0 Å². The molecule has 1 aromatic heterocycles. The molecule has 0 spiro atoms. The number of carbonyl (C=O) groups excluding carboxylic acids is 1. The van der Waals surface area contributed by atoms with Gasteiger partial charge in [-0.05, 0) is 48.2 Å². The molecule has 0 aliphatic rings. The third-order valence-corrected chi connectivity index (χ3v) is 5.46. The van der Waals surface area contributed by atoms with E-state index in [1.54, 1.807) is 0 Å². The average Bonchev–Trinajstić information content (AvgIpc) is 2.75. The van der Waals surface area contributed by atoms with Crippen molar-refractivity contribution >= 4 is 39.3 Å². The highest BCUT2D eigenvalue weighted by molar-refractivity contribution is 7.92. The van der Waals surface area contributed by atoms with Gasteiger partial charge in [0.05, 0.1) is 22.5 Å². The van der Waals surface area contributed by atoms with Gasteiger partial charge < -0.3 is 5.32 Å². The molecule has 188 valence electrons. The second-order valence-electron chi connectivity index (χ2n) is 7.53. The zero-order valence-corrected chi connectivity index (χ0v) is 20.3. The number of nitrogens with zero attached hydrogens (tertiary/aromatic N) is 1. The number of aryl methyl sites for hydroxylation is 1. The molecule has 0 atom stereocenters. The summed E-state index contributed by atoms with van der Waals surface area (Å²) >= 11 is 5.76. The van der Waals surface area contributed by atoms with Gasteiger partial charge >= 0.3 is 6.18 Å². The van der Waals surface area contributed by atoms with Crippen molar-refractivity contribution in [2.75, 3.05) is 11.0 Å². The molecule has 0 fully saturated rings. The zero-order chi connectivity index (χ0) is 26.4. The van der Waals surface area contributed by atoms with Crippen LogP contribution in [0.2, 0.25) is 5.02 Å². The summed E-state index contributed by atoms with van der Waals surface area (Å²) in [5.41, 5.74) is -0.936. The van der Waals surface area contributed by atoms with E-state index >= 15 is 0 Å². The number of amides is 1. The van der Waals surface area contributed by atoms with Crippen LogP contribution < -0.4 is 10.0 Å². The molecule has 12 heteroatoms. The Hall–Kier alpha value is -3.10. The summed E-state index contributed by atoms with van der Waals surface area (Å²) in [6.45, 7) is 1.73. The lowest BCUT2D eigenvalue weighted by Crippen LogP contribution is -2.21. The second kappa shape index (κ2) is 11.6. The van der Waals surface area contributed by atoms with Crippen molar-refractivity contribution in [3.63, 3.8) is 0 Å². The van der Waals surface area contributed by atoms with Crippen LogP contribution in [0, 0.1) is 18.2 Å². The first-order valence-corrected chi connectivity index (χ1v) is 12.5. The number of hydrogen-bond acceptors (Lipinski definition) is 4. The molecule has 0 bridgehead atoms. The predicted octanol–water partition coefficient (Wildman–Crippen LogP) is 4.92. The Balaban J connectivity index is 2.20. The zero-order valence-electron chi connectivity index (χ0n) is 18.8. The van der Waals surface area contributed by atoms with Gasteiger partial charge in [-0.2, -0.15) is 13.2 Å². The smallest absolute Gasteiger partial charge is 0.348 e. The minimum atomic E-state index is -4.71. The van der Waals surface area contributed by atoms with Crippen molar-refractivity contribution in [3.05, 3.63) is 63.2 Å². The molecule has 2 rings (SSSR count). The molecule has 2 aromatic rings. The van der Waals surface area contributed by atoms with E-state index < -0.39 is 38.6 Å². The van der Waals surface area contributed by atoms with E-state index in [-0.39, 0.29) is 41.0 Å². The lowest BCUT2D eigenvalue weighted by atomic mass is 10.1. The topological polar surface area (TPSA) is 88.2 Å². The maximum atomic E-state index is 14.4. The fourth-order valence-corrected chi connectivity index (χ4v) is 3.86. The third-order valence-electron chi connectivity index (χ3n) is 4.60. The lowest BCUT2D eigenvalue weighted by molar-refractivity contribution is -0.141. The molecule has 35 heavy (non-hydrogen) atoms. The first-order chi connectivity index (χ1) is 16.2. The van der Waals surface area contributed by atoms with Crippen molar-refractivity contribution in [1.82, 2.24) is 10.3 Å². The molecule has 0 aliphatic carbocycles. The van der Waals surface area contributed by atoms with Gasteiger partial charge in [0.15, 0.2) is 5.69 Å². The first-order valence-electron chi connectivity index (χ1n) is 10.2. The highest BCUT2D eigenvalue weighted by Crippen LogP contribution is 2.34. The molecule has 2 N–H and O–H groups in total. The quantitative estimate of drug-likeness (QED) is 0.273. The molecule has 0 aliphatic heterocycles. The highest BCUT2D eigenvalue weighted by Gasteiger charge is 2.36. The van der Waals surface area contributed by atoms with Crippen LogP contribution in [0.15, 0.2) is 24.3 Å². The van der Waals surface area contributed by atoms with Crippen LogP contribution in [0.5, 0.6) is 0 Å². The van der Waals surface area contributed by atoms with Gasteiger partial charge in [-0.25, -0.2) is 17.8 Å². The Morgan fingerprint density at radius 1 is 1.29 bits per heavy atom. The number of carbonyl (C=O) groups is 1. The number of nitrogens with one attached hydrogen (secondary N) is 2. The molecular weight excluding hydrogens is 510 g/mol. The van der Waals surface area contributed by atoms with Gasteiger partial charge in [0.1, 0.15) is 5.82 Å². The maximum absolute atomic E-state index is 14.4. The molecule has 0 unspecified atom stereocenters. The van der Waals surface area contributed by atoms with Gasteiger partial charge in [0, 0.05) is 18.3 Å². The average molecular weight is 532 g/mol. The van der Waals surface area contributed by atoms with Gasteiger partial charge in [0.25, 0.3) is 0 Å². The summed E-state index contributed by atoms with van der Waals surface area (Å²) < 4.78 is 78.6. The minimum absolute atomic E-state index is 0.0544. The monoisotopic (exact) mass is 531 g/mol. The largest absolute Gasteiger partial charge is 0.434 e. The van der Waals surface area contributed by atoms with Gasteiger partial charge in [-0.1, -0.05) is 30.9 Å². The number of rotatable bonds is 9. The molecular formula is C23H22ClF4N3O3S. The van der Waals surface area contributed by atoms with E-state index in [0.29, 0.717) is 6.42 Å². The number of unbranched alkanes of at least 4 members (excludes halogenated alkanes) is 1. The number of pyridine rings is 1. The molecule has 1 amide bonds. The number of sulfonamides is 1. The molecule has 0 radical (unpaired) electrons. The van der Waals surface area contributed by atoms with Crippen LogP contribution in [0.3, 0.4) is 0 Å². The number of hydrogen-bond donors (Lipinski definition) is 2. The van der Waals surface area contributed by atoms with E-state index in [0.717, 1.165) is 30.9 Å². The van der Waals surface area contributed by atoms with Crippen LogP contribution >= 0.6 is 11.6 Å². The van der Waals surface area contributed by atoms with Crippen molar-refractivity contribution in [2.24, 2.45) is 0 Å². The van der Waals surface area contributed by atoms with Gasteiger partial charge in [0.2, 0.25) is 15.9 Å². The number of benzene rings is 1. The SMILES string of the molecule is C#Cc1cc(CNC(=O)/C=C/c2cc(Cl)c(C(F)(F)F)nc2CCCC)cc(F)c1NS(C)(=O)=O. The highest BCUT2D eigenvalue weighted by atomic mass is 35.5. The predicted molar refractivity (Wildman–Crippen MR) is 127 cm³/mol. The van der Waals surface area contributed by atoms with Crippen molar-refractivity contribution in [3.8, 4) is 12.3 Å². The Bertz CT molecular complexity index is 1290. The maximum Gasteiger partial charge on any atom is 0.434 e. The van der Waals surface area contributed by atoms with Crippen LogP contribution in [0.4, 0.5) is 23.2 Å². The number of anilines is 1. The van der Waals surface area contributed by atoms with Crippen molar-refractivity contribution in [1.29, 1.82) is 0 Å². The Kier molecular flexibility index (Phi) is 9.29. The summed E-state index contributed by atoms with van der Waals surface area (Å²) in [7, 11) is -3.77. The molecule has 0 saturated carbocycles. The summed E-state index contributed by atoms with van der Waals surface area (Å²) in [5, 5.41) is 1.91. The summed E-state index contributed by atoms with van der Waals surface area (Å²) in [4.78, 5) is 15.9. The van der Waals surface area contributed by atoms with E-state index in [1.165, 1.54) is 12.1 Å². The second-order valence-corrected chi connectivity index (χ2v) is 9.68. The number of aromatic nitrogens is 1. The fourth-order valence-electron chi connectivity index (χ4n) is 3.01. The number of terminal acetylenes is 1. The fraction of sp³-hybridized carbons (Fsp3) is 0.304. The third kappa shape index (κ3) is 8.26. The van der Waals surface area contributed by atoms with Crippen LogP contribution in [0.25, 0.3) is 6.08 Å². The van der Waals surface area contributed by atoms with Crippen LogP contribution in [-0.4, -0.2) is 25.6 Å². The van der Waals surface area contributed by atoms with Crippen LogP contribution in [0.1, 0.15) is 47.8 Å². The Labute approximate surface area is 205 Å². The minimum Gasteiger partial charge on any atom is -0.348 e. The normalized spacial score (nSPS) is 11.9.